The van der Waals surface area contributed by atoms with Crippen molar-refractivity contribution in [2.45, 2.75) is 0 Å². The number of hydrogen-bond acceptors (Lipinski definition) is 5. The minimum atomic E-state index is -0.577. The van der Waals surface area contributed by atoms with Crippen molar-refractivity contribution in [2.24, 2.45) is 0 Å². The van der Waals surface area contributed by atoms with E-state index in [0.717, 1.165) is 31.1 Å². The van der Waals surface area contributed by atoms with E-state index in [9.17, 15) is 9.18 Å². The third-order valence-electron chi connectivity index (χ3n) is 3.63. The van der Waals surface area contributed by atoms with Gasteiger partial charge in [0.2, 0.25) is 5.95 Å². The maximum absolute atomic E-state index is 13.1. The highest BCUT2D eigenvalue weighted by molar-refractivity contribution is 7.99. The molecule has 1 fully saturated rings. The summed E-state index contributed by atoms with van der Waals surface area (Å²) in [5.74, 6) is 1.73. The van der Waals surface area contributed by atoms with E-state index in [1.54, 1.807) is 12.3 Å². The third-order valence-corrected chi connectivity index (χ3v) is 4.57. The number of pyridine rings is 1. The SMILES string of the molecule is O=C(NCCN1CCSCC1)Nc1cnn(-c2ccnc(F)c2)c1. The van der Waals surface area contributed by atoms with Crippen molar-refractivity contribution in [2.75, 3.05) is 43.0 Å². The minimum Gasteiger partial charge on any atom is -0.337 e. The van der Waals surface area contributed by atoms with Gasteiger partial charge in [0.05, 0.1) is 23.8 Å². The van der Waals surface area contributed by atoms with E-state index in [1.165, 1.54) is 23.1 Å². The van der Waals surface area contributed by atoms with Crippen LogP contribution in [0.1, 0.15) is 0 Å². The van der Waals surface area contributed by atoms with Gasteiger partial charge in [0.15, 0.2) is 0 Å². The first-order valence-electron chi connectivity index (χ1n) is 7.72. The van der Waals surface area contributed by atoms with Crippen molar-refractivity contribution >= 4 is 23.5 Å². The van der Waals surface area contributed by atoms with Crippen LogP contribution in [-0.4, -0.2) is 63.4 Å². The van der Waals surface area contributed by atoms with E-state index in [-0.39, 0.29) is 6.03 Å². The zero-order valence-electron chi connectivity index (χ0n) is 13.1. The smallest absolute Gasteiger partial charge is 0.319 e. The lowest BCUT2D eigenvalue weighted by molar-refractivity contribution is 0.247. The van der Waals surface area contributed by atoms with Gasteiger partial charge in [-0.2, -0.15) is 21.3 Å². The van der Waals surface area contributed by atoms with Gasteiger partial charge in [-0.1, -0.05) is 0 Å². The van der Waals surface area contributed by atoms with Crippen molar-refractivity contribution in [1.29, 1.82) is 0 Å². The second-order valence-corrected chi connectivity index (χ2v) is 6.57. The number of carbonyl (C=O) groups excluding carboxylic acids is 1. The van der Waals surface area contributed by atoms with Gasteiger partial charge in [0.1, 0.15) is 0 Å². The second-order valence-electron chi connectivity index (χ2n) is 5.35. The number of urea groups is 1. The molecule has 1 aliphatic heterocycles. The highest BCUT2D eigenvalue weighted by atomic mass is 32.2. The van der Waals surface area contributed by atoms with Crippen molar-refractivity contribution in [1.82, 2.24) is 25.0 Å². The zero-order valence-corrected chi connectivity index (χ0v) is 13.9. The Hall–Kier alpha value is -2.13. The molecular formula is C15H19FN6OS. The van der Waals surface area contributed by atoms with Gasteiger partial charge in [-0.25, -0.2) is 14.5 Å². The van der Waals surface area contributed by atoms with Crippen LogP contribution in [-0.2, 0) is 0 Å². The summed E-state index contributed by atoms with van der Waals surface area (Å²) in [5, 5.41) is 9.65. The molecule has 1 saturated heterocycles. The lowest BCUT2D eigenvalue weighted by Crippen LogP contribution is -2.40. The summed E-state index contributed by atoms with van der Waals surface area (Å²) in [6.07, 6.45) is 4.50. The van der Waals surface area contributed by atoms with Crippen LogP contribution in [0.2, 0.25) is 0 Å². The summed E-state index contributed by atoms with van der Waals surface area (Å²) < 4.78 is 14.6. The van der Waals surface area contributed by atoms with Gasteiger partial charge in [-0.15, -0.1) is 0 Å². The van der Waals surface area contributed by atoms with Crippen LogP contribution < -0.4 is 10.6 Å². The number of amides is 2. The van der Waals surface area contributed by atoms with Crippen molar-refractivity contribution < 1.29 is 9.18 Å². The number of aromatic nitrogens is 3. The number of rotatable bonds is 5. The maximum Gasteiger partial charge on any atom is 0.319 e. The molecule has 0 atom stereocenters. The number of carbonyl (C=O) groups is 1. The molecule has 0 bridgehead atoms. The molecule has 128 valence electrons. The van der Waals surface area contributed by atoms with Gasteiger partial charge in [0.25, 0.3) is 0 Å². The molecule has 2 aromatic heterocycles. The Morgan fingerprint density at radius 3 is 3.00 bits per heavy atom. The van der Waals surface area contributed by atoms with Gasteiger partial charge < -0.3 is 10.6 Å². The lowest BCUT2D eigenvalue weighted by atomic mass is 10.4. The average Bonchev–Trinajstić information content (AvgIpc) is 3.04. The summed E-state index contributed by atoms with van der Waals surface area (Å²) in [7, 11) is 0. The molecule has 24 heavy (non-hydrogen) atoms. The molecular weight excluding hydrogens is 331 g/mol. The monoisotopic (exact) mass is 350 g/mol. The van der Waals surface area contributed by atoms with E-state index in [1.807, 2.05) is 11.8 Å². The molecule has 3 rings (SSSR count). The number of hydrogen-bond donors (Lipinski definition) is 2. The third kappa shape index (κ3) is 4.68. The molecule has 3 heterocycles. The van der Waals surface area contributed by atoms with Crippen LogP contribution in [0.25, 0.3) is 5.69 Å². The van der Waals surface area contributed by atoms with Crippen molar-refractivity contribution in [3.05, 3.63) is 36.7 Å². The van der Waals surface area contributed by atoms with E-state index in [2.05, 4.69) is 25.6 Å². The number of anilines is 1. The molecule has 0 saturated carbocycles. The largest absolute Gasteiger partial charge is 0.337 e. The summed E-state index contributed by atoms with van der Waals surface area (Å²) in [6, 6.07) is 2.63. The molecule has 9 heteroatoms. The van der Waals surface area contributed by atoms with Crippen molar-refractivity contribution in [3.63, 3.8) is 0 Å². The van der Waals surface area contributed by atoms with Gasteiger partial charge >= 0.3 is 6.03 Å². The molecule has 1 aliphatic rings. The fourth-order valence-electron chi connectivity index (χ4n) is 2.39. The molecule has 2 N–H and O–H groups in total. The highest BCUT2D eigenvalue weighted by Crippen LogP contribution is 2.11. The van der Waals surface area contributed by atoms with Crippen LogP contribution in [0.4, 0.5) is 14.9 Å². The Labute approximate surface area is 143 Å². The first-order valence-corrected chi connectivity index (χ1v) is 8.88. The Morgan fingerprint density at radius 2 is 2.21 bits per heavy atom. The van der Waals surface area contributed by atoms with Crippen LogP contribution in [0.15, 0.2) is 30.7 Å². The number of halogens is 1. The summed E-state index contributed by atoms with van der Waals surface area (Å²) in [4.78, 5) is 17.7. The van der Waals surface area contributed by atoms with Gasteiger partial charge in [0, 0.05) is 49.9 Å². The molecule has 0 aliphatic carbocycles. The van der Waals surface area contributed by atoms with E-state index >= 15 is 0 Å². The second kappa shape index (κ2) is 8.11. The van der Waals surface area contributed by atoms with Crippen LogP contribution in [0.3, 0.4) is 0 Å². The normalized spacial score (nSPS) is 15.2. The predicted octanol–water partition coefficient (Wildman–Crippen LogP) is 1.58. The van der Waals surface area contributed by atoms with E-state index in [0.29, 0.717) is 17.9 Å². The van der Waals surface area contributed by atoms with E-state index < -0.39 is 5.95 Å². The molecule has 2 amide bonds. The van der Waals surface area contributed by atoms with Crippen LogP contribution in [0.5, 0.6) is 0 Å². The Kier molecular flexibility index (Phi) is 5.65. The molecule has 7 nitrogen and oxygen atoms in total. The quantitative estimate of drug-likeness (QED) is 0.801. The fourth-order valence-corrected chi connectivity index (χ4v) is 3.37. The topological polar surface area (TPSA) is 75.1 Å². The average molecular weight is 350 g/mol. The zero-order chi connectivity index (χ0) is 16.8. The van der Waals surface area contributed by atoms with Crippen LogP contribution in [0, 0.1) is 5.95 Å². The summed E-state index contributed by atoms with van der Waals surface area (Å²) >= 11 is 1.96. The predicted molar refractivity (Wildman–Crippen MR) is 92.1 cm³/mol. The number of nitrogens with one attached hydrogen (secondary N) is 2. The Morgan fingerprint density at radius 1 is 1.38 bits per heavy atom. The minimum absolute atomic E-state index is 0.276. The lowest BCUT2D eigenvalue weighted by Gasteiger charge is -2.25. The van der Waals surface area contributed by atoms with Gasteiger partial charge in [-0.05, 0) is 6.07 Å². The number of thioether (sulfide) groups is 1. The van der Waals surface area contributed by atoms with Gasteiger partial charge in [-0.3, -0.25) is 4.90 Å². The number of nitrogens with zero attached hydrogens (tertiary/aromatic N) is 4. The maximum atomic E-state index is 13.1. The van der Waals surface area contributed by atoms with Crippen molar-refractivity contribution in [3.8, 4) is 5.69 Å². The molecule has 2 aromatic rings. The standard InChI is InChI=1S/C15H19FN6OS/c16-14-9-13(1-2-17-14)22-11-12(10-19-22)20-15(23)18-3-4-21-5-7-24-8-6-21/h1-2,9-11H,3-8H2,(H2,18,20,23). The molecule has 0 unspecified atom stereocenters. The Bertz CT molecular complexity index is 688. The Balaban J connectivity index is 1.46. The summed E-state index contributed by atoms with van der Waals surface area (Å²) in [5.41, 5.74) is 1.08. The first kappa shape index (κ1) is 16.7. The first-order chi connectivity index (χ1) is 11.7. The molecule has 0 aromatic carbocycles. The van der Waals surface area contributed by atoms with E-state index in [4.69, 9.17) is 0 Å². The fraction of sp³-hybridized carbons (Fsp3) is 0.400. The molecule has 0 radical (unpaired) electrons. The van der Waals surface area contributed by atoms with Crippen LogP contribution >= 0.6 is 11.8 Å². The summed E-state index contributed by atoms with van der Waals surface area (Å²) in [6.45, 7) is 3.59. The molecule has 0 spiro atoms. The highest BCUT2D eigenvalue weighted by Gasteiger charge is 2.10.